The molecule has 0 fully saturated rings. The van der Waals surface area contributed by atoms with Crippen molar-refractivity contribution in [2.75, 3.05) is 0 Å². The van der Waals surface area contributed by atoms with E-state index in [0.29, 0.717) is 5.02 Å². The van der Waals surface area contributed by atoms with Crippen molar-refractivity contribution < 1.29 is 10.0 Å². The Morgan fingerprint density at radius 3 is 2.60 bits per heavy atom. The van der Waals surface area contributed by atoms with Crippen molar-refractivity contribution in [3.05, 3.63) is 29.3 Å². The minimum atomic E-state index is -1.52. The molecular formula is C6H4BClO2. The van der Waals surface area contributed by atoms with Crippen LogP contribution in [0.5, 0.6) is 0 Å². The van der Waals surface area contributed by atoms with E-state index in [1.165, 1.54) is 12.1 Å². The van der Waals surface area contributed by atoms with Crippen molar-refractivity contribution in [2.24, 2.45) is 0 Å². The fourth-order valence-corrected chi connectivity index (χ4v) is 0.726. The minimum absolute atomic E-state index is 0.229. The Balaban J connectivity index is 2.96. The lowest BCUT2D eigenvalue weighted by Crippen LogP contribution is -2.28. The molecule has 0 atom stereocenters. The van der Waals surface area contributed by atoms with Crippen LogP contribution in [0, 0.1) is 12.1 Å². The summed E-state index contributed by atoms with van der Waals surface area (Å²) in [5.41, 5.74) is 0.229. The molecule has 0 aromatic heterocycles. The summed E-state index contributed by atoms with van der Waals surface area (Å²) in [6, 6.07) is 7.95. The van der Waals surface area contributed by atoms with E-state index in [0.717, 1.165) is 0 Å². The number of hydrogen-bond donors (Lipinski definition) is 2. The molecule has 4 heteroatoms. The highest BCUT2D eigenvalue weighted by Crippen LogP contribution is 2.00. The van der Waals surface area contributed by atoms with Gasteiger partial charge in [-0.05, 0) is 6.07 Å². The maximum Gasteiger partial charge on any atom is 0.497 e. The zero-order valence-electron chi connectivity index (χ0n) is 5.00. The van der Waals surface area contributed by atoms with Crippen LogP contribution in [0.3, 0.4) is 0 Å². The van der Waals surface area contributed by atoms with Crippen LogP contribution >= 0.6 is 11.6 Å². The molecular weight excluding hydrogens is 150 g/mol. The van der Waals surface area contributed by atoms with E-state index in [1.54, 1.807) is 0 Å². The van der Waals surface area contributed by atoms with Gasteiger partial charge in [0.2, 0.25) is 0 Å². The Kier molecular flexibility index (Phi) is 2.18. The first-order chi connectivity index (χ1) is 4.70. The van der Waals surface area contributed by atoms with E-state index < -0.39 is 7.12 Å². The van der Waals surface area contributed by atoms with Gasteiger partial charge in [-0.15, -0.1) is 0 Å². The van der Waals surface area contributed by atoms with Gasteiger partial charge in [-0.2, -0.15) is 0 Å². The fraction of sp³-hybridized carbons (Fsp3) is 0. The molecule has 2 N–H and O–H groups in total. The molecule has 50 valence electrons. The average molecular weight is 154 g/mol. The third kappa shape index (κ3) is 1.65. The molecule has 0 aliphatic rings. The molecule has 1 aromatic carbocycles. The van der Waals surface area contributed by atoms with Crippen molar-refractivity contribution in [3.63, 3.8) is 0 Å². The van der Waals surface area contributed by atoms with Crippen LogP contribution in [0.25, 0.3) is 0 Å². The summed E-state index contributed by atoms with van der Waals surface area (Å²) in [5, 5.41) is 17.6. The first-order valence-electron chi connectivity index (χ1n) is 2.65. The first kappa shape index (κ1) is 7.42. The van der Waals surface area contributed by atoms with E-state index in [1.807, 2.05) is 0 Å². The van der Waals surface area contributed by atoms with Gasteiger partial charge in [-0.25, -0.2) is 0 Å². The maximum atomic E-state index is 8.59. The van der Waals surface area contributed by atoms with Gasteiger partial charge in [0.15, 0.2) is 0 Å². The van der Waals surface area contributed by atoms with E-state index >= 15 is 0 Å². The quantitative estimate of drug-likeness (QED) is 0.542. The van der Waals surface area contributed by atoms with Crippen LogP contribution in [0.1, 0.15) is 0 Å². The predicted octanol–water partition coefficient (Wildman–Crippen LogP) is -0.380. The molecule has 0 aliphatic carbocycles. The van der Waals surface area contributed by atoms with E-state index in [4.69, 9.17) is 21.6 Å². The van der Waals surface area contributed by atoms with Crippen LogP contribution in [0.2, 0.25) is 5.02 Å². The molecule has 0 radical (unpaired) electrons. The van der Waals surface area contributed by atoms with Crippen LogP contribution < -0.4 is 5.46 Å². The third-order valence-electron chi connectivity index (χ3n) is 0.998. The summed E-state index contributed by atoms with van der Waals surface area (Å²) in [7, 11) is -1.52. The smallest absolute Gasteiger partial charge is 0.423 e. The van der Waals surface area contributed by atoms with Crippen LogP contribution in [-0.4, -0.2) is 17.2 Å². The van der Waals surface area contributed by atoms with Crippen molar-refractivity contribution in [1.29, 1.82) is 0 Å². The van der Waals surface area contributed by atoms with Crippen molar-refractivity contribution in [1.82, 2.24) is 0 Å². The highest BCUT2D eigenvalue weighted by molar-refractivity contribution is 6.58. The summed E-state index contributed by atoms with van der Waals surface area (Å²) in [6.07, 6.45) is 0. The summed E-state index contributed by atoms with van der Waals surface area (Å²) in [6.45, 7) is 0. The molecule has 0 saturated heterocycles. The van der Waals surface area contributed by atoms with Gasteiger partial charge in [-0.3, -0.25) is 0 Å². The van der Waals surface area contributed by atoms with Gasteiger partial charge in [0, 0.05) is 16.6 Å². The Hall–Kier alpha value is -0.685. The van der Waals surface area contributed by atoms with E-state index in [2.05, 4.69) is 12.1 Å². The van der Waals surface area contributed by atoms with Crippen molar-refractivity contribution in [3.8, 4) is 0 Å². The van der Waals surface area contributed by atoms with Crippen LogP contribution in [0.15, 0.2) is 12.1 Å². The summed E-state index contributed by atoms with van der Waals surface area (Å²) in [5.74, 6) is 0. The minimum Gasteiger partial charge on any atom is -0.423 e. The summed E-state index contributed by atoms with van der Waals surface area (Å²) >= 11 is 5.52. The largest absolute Gasteiger partial charge is 0.497 e. The second-order valence-corrected chi connectivity index (χ2v) is 2.21. The molecule has 0 bridgehead atoms. The lowest BCUT2D eigenvalue weighted by Gasteiger charge is -1.92. The molecule has 2 nitrogen and oxygen atoms in total. The van der Waals surface area contributed by atoms with Gasteiger partial charge in [0.05, 0.1) is 0 Å². The predicted molar refractivity (Wildman–Crippen MR) is 38.9 cm³/mol. The highest BCUT2D eigenvalue weighted by atomic mass is 35.5. The topological polar surface area (TPSA) is 40.5 Å². The third-order valence-corrected chi connectivity index (χ3v) is 1.22. The molecule has 0 spiro atoms. The maximum absolute atomic E-state index is 8.59. The molecule has 10 heavy (non-hydrogen) atoms. The Bertz CT molecular complexity index is 227. The Morgan fingerprint density at radius 1 is 1.50 bits per heavy atom. The molecule has 1 aromatic rings. The molecule has 1 rings (SSSR count). The normalized spacial score (nSPS) is 8.70. The average Bonchev–Trinajstić information content (AvgIpc) is 1.88. The molecule has 0 heterocycles. The van der Waals surface area contributed by atoms with Gasteiger partial charge in [-0.1, -0.05) is 23.7 Å². The standard InChI is InChI=1S/C6H4BClO2/c8-6-3-1-2-5(4-6)7(9)10/h3-4,9-10H. The molecule has 0 aliphatic heterocycles. The lowest BCUT2D eigenvalue weighted by molar-refractivity contribution is 0.426. The van der Waals surface area contributed by atoms with E-state index in [9.17, 15) is 0 Å². The molecule has 0 saturated carbocycles. The van der Waals surface area contributed by atoms with Gasteiger partial charge < -0.3 is 10.0 Å². The first-order valence-corrected chi connectivity index (χ1v) is 3.03. The Morgan fingerprint density at radius 2 is 2.20 bits per heavy atom. The second-order valence-electron chi connectivity index (χ2n) is 1.77. The van der Waals surface area contributed by atoms with Gasteiger partial charge in [0.1, 0.15) is 0 Å². The zero-order valence-corrected chi connectivity index (χ0v) is 5.76. The monoisotopic (exact) mass is 154 g/mol. The molecule has 0 unspecified atom stereocenters. The second kappa shape index (κ2) is 2.93. The van der Waals surface area contributed by atoms with Crippen molar-refractivity contribution >= 4 is 24.2 Å². The van der Waals surface area contributed by atoms with Crippen molar-refractivity contribution in [2.45, 2.75) is 0 Å². The SMILES string of the molecule is OB(O)c1c#ccc(Cl)c1. The summed E-state index contributed by atoms with van der Waals surface area (Å²) in [4.78, 5) is 0. The van der Waals surface area contributed by atoms with Crippen LogP contribution in [-0.2, 0) is 0 Å². The fourth-order valence-electron chi connectivity index (χ4n) is 0.554. The highest BCUT2D eigenvalue weighted by Gasteiger charge is 2.09. The number of rotatable bonds is 1. The van der Waals surface area contributed by atoms with E-state index in [-0.39, 0.29) is 5.46 Å². The number of hydrogen-bond acceptors (Lipinski definition) is 2. The number of halogens is 1. The lowest BCUT2D eigenvalue weighted by atomic mass is 9.82. The molecule has 0 amide bonds. The van der Waals surface area contributed by atoms with Gasteiger partial charge >= 0.3 is 7.12 Å². The van der Waals surface area contributed by atoms with Crippen LogP contribution in [0.4, 0.5) is 0 Å². The summed E-state index contributed by atoms with van der Waals surface area (Å²) < 4.78 is 0. The zero-order chi connectivity index (χ0) is 7.56. The Labute approximate surface area is 64.2 Å². The van der Waals surface area contributed by atoms with Gasteiger partial charge in [0.25, 0.3) is 0 Å².